The lowest BCUT2D eigenvalue weighted by Gasteiger charge is -2.45. The number of hydrogen-bond acceptors (Lipinski definition) is 5. The number of benzene rings is 1. The maximum atomic E-state index is 12.0. The Bertz CT molecular complexity index is 812. The van der Waals surface area contributed by atoms with E-state index in [0.717, 1.165) is 55.7 Å². The first kappa shape index (κ1) is 16.8. The first-order valence-electron chi connectivity index (χ1n) is 9.03. The minimum atomic E-state index is -0.528. The predicted octanol–water partition coefficient (Wildman–Crippen LogP) is 2.87. The van der Waals surface area contributed by atoms with Crippen LogP contribution >= 0.6 is 0 Å². The summed E-state index contributed by atoms with van der Waals surface area (Å²) in [7, 11) is 0. The van der Waals surface area contributed by atoms with Gasteiger partial charge in [-0.2, -0.15) is 0 Å². The number of pyridine rings is 1. The number of aromatic nitrogens is 1. The molecule has 0 radical (unpaired) electrons. The van der Waals surface area contributed by atoms with Gasteiger partial charge < -0.3 is 9.64 Å². The molecule has 4 rings (SSSR count). The second-order valence-corrected chi connectivity index (χ2v) is 7.20. The van der Waals surface area contributed by atoms with Crippen molar-refractivity contribution in [3.63, 3.8) is 0 Å². The zero-order valence-corrected chi connectivity index (χ0v) is 14.9. The van der Waals surface area contributed by atoms with Gasteiger partial charge in [-0.05, 0) is 43.0 Å². The Hall–Kier alpha value is -2.60. The molecule has 0 bridgehead atoms. The van der Waals surface area contributed by atoms with Crippen molar-refractivity contribution in [3.05, 3.63) is 53.2 Å². The Balaban J connectivity index is 1.52. The number of nitrogens with zero attached hydrogens (tertiary/aromatic N) is 2. The first-order valence-corrected chi connectivity index (χ1v) is 9.03. The molecule has 3 heterocycles. The SMILES string of the molecule is Cc1ccc(N2CCC3(CCc4cccc(C(=O)NO)c4O3)CC2)nc1. The molecule has 136 valence electrons. The van der Waals surface area contributed by atoms with Gasteiger partial charge in [0.15, 0.2) is 0 Å². The number of carbonyl (C=O) groups is 1. The van der Waals surface area contributed by atoms with Crippen LogP contribution < -0.4 is 15.1 Å². The van der Waals surface area contributed by atoms with Crippen molar-refractivity contribution in [2.75, 3.05) is 18.0 Å². The number of aryl methyl sites for hydroxylation is 2. The topological polar surface area (TPSA) is 74.7 Å². The maximum absolute atomic E-state index is 12.0. The van der Waals surface area contributed by atoms with Crippen LogP contribution in [-0.2, 0) is 6.42 Å². The van der Waals surface area contributed by atoms with Crippen LogP contribution in [0.3, 0.4) is 0 Å². The van der Waals surface area contributed by atoms with E-state index >= 15 is 0 Å². The molecule has 2 aliphatic heterocycles. The van der Waals surface area contributed by atoms with Gasteiger partial charge in [0.2, 0.25) is 0 Å². The van der Waals surface area contributed by atoms with Gasteiger partial charge in [0.1, 0.15) is 17.2 Å². The van der Waals surface area contributed by atoms with Gasteiger partial charge in [-0.25, -0.2) is 10.5 Å². The zero-order valence-electron chi connectivity index (χ0n) is 14.9. The van der Waals surface area contributed by atoms with Crippen LogP contribution in [0.15, 0.2) is 36.5 Å². The molecule has 1 spiro atoms. The van der Waals surface area contributed by atoms with Gasteiger partial charge in [0.25, 0.3) is 5.91 Å². The number of hydrogen-bond donors (Lipinski definition) is 2. The highest BCUT2D eigenvalue weighted by Gasteiger charge is 2.40. The molecule has 1 saturated heterocycles. The molecule has 0 saturated carbocycles. The number of piperidine rings is 1. The average molecular weight is 353 g/mol. The quantitative estimate of drug-likeness (QED) is 0.641. The van der Waals surface area contributed by atoms with E-state index in [2.05, 4.69) is 22.0 Å². The summed E-state index contributed by atoms with van der Waals surface area (Å²) >= 11 is 0. The molecular formula is C20H23N3O3. The fourth-order valence-corrected chi connectivity index (χ4v) is 3.91. The molecule has 0 aliphatic carbocycles. The molecule has 2 aliphatic rings. The normalized spacial score (nSPS) is 18.2. The fourth-order valence-electron chi connectivity index (χ4n) is 3.91. The number of fused-ring (bicyclic) bond motifs is 1. The van der Waals surface area contributed by atoms with Gasteiger partial charge in [-0.15, -0.1) is 0 Å². The second-order valence-electron chi connectivity index (χ2n) is 7.20. The number of para-hydroxylation sites is 1. The van der Waals surface area contributed by atoms with Crippen molar-refractivity contribution >= 4 is 11.7 Å². The summed E-state index contributed by atoms with van der Waals surface area (Å²) in [6.07, 6.45) is 5.49. The number of amides is 1. The zero-order chi connectivity index (χ0) is 18.1. The van der Waals surface area contributed by atoms with Crippen molar-refractivity contribution in [2.45, 2.75) is 38.2 Å². The number of carbonyl (C=O) groups excluding carboxylic acids is 1. The van der Waals surface area contributed by atoms with Gasteiger partial charge in [-0.1, -0.05) is 18.2 Å². The number of nitrogens with one attached hydrogen (secondary N) is 1. The summed E-state index contributed by atoms with van der Waals surface area (Å²) in [4.78, 5) is 18.8. The Labute approximate surface area is 152 Å². The summed E-state index contributed by atoms with van der Waals surface area (Å²) in [5.41, 5.74) is 4.05. The highest BCUT2D eigenvalue weighted by atomic mass is 16.5. The van der Waals surface area contributed by atoms with Crippen molar-refractivity contribution < 1.29 is 14.7 Å². The monoisotopic (exact) mass is 353 g/mol. The van der Waals surface area contributed by atoms with Crippen molar-refractivity contribution in [3.8, 4) is 5.75 Å². The molecule has 0 atom stereocenters. The lowest BCUT2D eigenvalue weighted by Crippen LogP contribution is -2.50. The fraction of sp³-hybridized carbons (Fsp3) is 0.400. The smallest absolute Gasteiger partial charge is 0.278 e. The van der Waals surface area contributed by atoms with Crippen LogP contribution in [0.5, 0.6) is 5.75 Å². The van der Waals surface area contributed by atoms with Gasteiger partial charge >= 0.3 is 0 Å². The molecule has 1 aromatic heterocycles. The first-order chi connectivity index (χ1) is 12.6. The van der Waals surface area contributed by atoms with Gasteiger partial charge in [0.05, 0.1) is 5.56 Å². The van der Waals surface area contributed by atoms with E-state index in [4.69, 9.17) is 9.94 Å². The second kappa shape index (κ2) is 6.61. The number of rotatable bonds is 2. The maximum Gasteiger partial charge on any atom is 0.278 e. The third kappa shape index (κ3) is 3.01. The van der Waals surface area contributed by atoms with Gasteiger partial charge in [0, 0.05) is 32.1 Å². The van der Waals surface area contributed by atoms with Crippen molar-refractivity contribution in [2.24, 2.45) is 0 Å². The summed E-state index contributed by atoms with van der Waals surface area (Å²) in [6.45, 7) is 3.79. The van der Waals surface area contributed by atoms with Crippen LogP contribution in [0.25, 0.3) is 0 Å². The molecule has 2 N–H and O–H groups in total. The Morgan fingerprint density at radius 2 is 2.04 bits per heavy atom. The van der Waals surface area contributed by atoms with E-state index in [-0.39, 0.29) is 5.60 Å². The highest BCUT2D eigenvalue weighted by Crippen LogP contribution is 2.41. The molecule has 1 fully saturated rings. The molecular weight excluding hydrogens is 330 g/mol. The summed E-state index contributed by atoms with van der Waals surface area (Å²) in [5.74, 6) is 1.09. The van der Waals surface area contributed by atoms with Crippen molar-refractivity contribution in [1.82, 2.24) is 10.5 Å². The largest absolute Gasteiger partial charge is 0.486 e. The molecule has 26 heavy (non-hydrogen) atoms. The van der Waals surface area contributed by atoms with Crippen LogP contribution in [0.2, 0.25) is 0 Å². The van der Waals surface area contributed by atoms with Crippen LogP contribution in [0.1, 0.15) is 40.7 Å². The van der Waals surface area contributed by atoms with E-state index in [9.17, 15) is 4.79 Å². The van der Waals surface area contributed by atoms with E-state index in [1.54, 1.807) is 11.5 Å². The lowest BCUT2D eigenvalue weighted by molar-refractivity contribution is 0.0208. The minimum absolute atomic E-state index is 0.250. The third-order valence-corrected chi connectivity index (χ3v) is 5.51. The predicted molar refractivity (Wildman–Crippen MR) is 97.8 cm³/mol. The van der Waals surface area contributed by atoms with Crippen LogP contribution in [0.4, 0.5) is 5.82 Å². The van der Waals surface area contributed by atoms with E-state index in [1.165, 1.54) is 0 Å². The standard InChI is InChI=1S/C20H23N3O3/c1-14-5-6-17(21-13-14)23-11-9-20(10-12-23)8-7-15-3-2-4-16(18(15)26-20)19(24)22-25/h2-6,13,25H,7-12H2,1H3,(H,22,24). The third-order valence-electron chi connectivity index (χ3n) is 5.51. The minimum Gasteiger partial charge on any atom is -0.486 e. The average Bonchev–Trinajstić information content (AvgIpc) is 2.68. The van der Waals surface area contributed by atoms with Gasteiger partial charge in [-0.3, -0.25) is 10.0 Å². The van der Waals surface area contributed by atoms with E-state index in [0.29, 0.717) is 11.3 Å². The molecule has 1 aromatic carbocycles. The highest BCUT2D eigenvalue weighted by molar-refractivity contribution is 5.96. The number of anilines is 1. The molecule has 0 unspecified atom stereocenters. The van der Waals surface area contributed by atoms with Crippen molar-refractivity contribution in [1.29, 1.82) is 0 Å². The molecule has 6 nitrogen and oxygen atoms in total. The van der Waals surface area contributed by atoms with Crippen LogP contribution in [0, 0.1) is 6.92 Å². The van der Waals surface area contributed by atoms with Crippen LogP contribution in [-0.4, -0.2) is 34.8 Å². The Kier molecular flexibility index (Phi) is 4.28. The van der Waals surface area contributed by atoms with E-state index in [1.807, 2.05) is 25.3 Å². The Morgan fingerprint density at radius 3 is 2.73 bits per heavy atom. The molecule has 6 heteroatoms. The number of ether oxygens (including phenoxy) is 1. The molecule has 1 amide bonds. The summed E-state index contributed by atoms with van der Waals surface area (Å²) < 4.78 is 6.40. The lowest BCUT2D eigenvalue weighted by atomic mass is 9.82. The van der Waals surface area contributed by atoms with E-state index < -0.39 is 5.91 Å². The Morgan fingerprint density at radius 1 is 1.23 bits per heavy atom. The molecule has 2 aromatic rings. The summed E-state index contributed by atoms with van der Waals surface area (Å²) in [6, 6.07) is 9.65. The summed E-state index contributed by atoms with van der Waals surface area (Å²) in [5, 5.41) is 9.00. The number of hydroxylamine groups is 1.